The standard InChI is InChI=1S/C12H13BrN4O/c1-8-9(7-17(2)16-8)6-15-12(18)10-4-3-5-14-11(10)13/h3-5,7H,6H2,1-2H3,(H,15,18). The predicted octanol–water partition coefficient (Wildman–Crippen LogP) is 1.82. The topological polar surface area (TPSA) is 59.8 Å². The molecule has 2 aromatic heterocycles. The number of carbonyl (C=O) groups is 1. The van der Waals surface area contributed by atoms with Crippen LogP contribution in [0.15, 0.2) is 29.1 Å². The van der Waals surface area contributed by atoms with Gasteiger partial charge in [-0.1, -0.05) is 0 Å². The molecule has 0 aliphatic carbocycles. The first-order valence-corrected chi connectivity index (χ1v) is 6.25. The summed E-state index contributed by atoms with van der Waals surface area (Å²) in [5.74, 6) is -0.154. The monoisotopic (exact) mass is 308 g/mol. The van der Waals surface area contributed by atoms with Crippen molar-refractivity contribution in [3.05, 3.63) is 46.0 Å². The molecule has 0 fully saturated rings. The van der Waals surface area contributed by atoms with E-state index in [4.69, 9.17) is 0 Å². The van der Waals surface area contributed by atoms with Crippen molar-refractivity contribution in [2.24, 2.45) is 7.05 Å². The number of rotatable bonds is 3. The van der Waals surface area contributed by atoms with Crippen LogP contribution in [0, 0.1) is 6.92 Å². The first kappa shape index (κ1) is 12.8. The van der Waals surface area contributed by atoms with Crippen LogP contribution >= 0.6 is 15.9 Å². The minimum atomic E-state index is -0.154. The number of aryl methyl sites for hydroxylation is 2. The zero-order valence-corrected chi connectivity index (χ0v) is 11.7. The second kappa shape index (κ2) is 5.30. The fourth-order valence-electron chi connectivity index (χ4n) is 1.65. The van der Waals surface area contributed by atoms with Crippen molar-refractivity contribution in [2.45, 2.75) is 13.5 Å². The number of nitrogens with zero attached hydrogens (tertiary/aromatic N) is 3. The molecule has 0 bridgehead atoms. The molecule has 2 heterocycles. The number of pyridine rings is 1. The van der Waals surface area contributed by atoms with E-state index in [2.05, 4.69) is 31.3 Å². The highest BCUT2D eigenvalue weighted by atomic mass is 79.9. The Morgan fingerprint density at radius 3 is 2.94 bits per heavy atom. The Bertz CT molecular complexity index is 579. The van der Waals surface area contributed by atoms with Gasteiger partial charge in [-0.25, -0.2) is 4.98 Å². The van der Waals surface area contributed by atoms with E-state index in [1.54, 1.807) is 23.0 Å². The van der Waals surface area contributed by atoms with Crippen molar-refractivity contribution in [3.63, 3.8) is 0 Å². The van der Waals surface area contributed by atoms with Crippen LogP contribution in [0.2, 0.25) is 0 Å². The minimum Gasteiger partial charge on any atom is -0.348 e. The van der Waals surface area contributed by atoms with E-state index in [0.29, 0.717) is 16.7 Å². The molecule has 18 heavy (non-hydrogen) atoms. The number of aromatic nitrogens is 3. The van der Waals surface area contributed by atoms with Crippen LogP contribution < -0.4 is 5.32 Å². The minimum absolute atomic E-state index is 0.154. The maximum Gasteiger partial charge on any atom is 0.254 e. The second-order valence-electron chi connectivity index (χ2n) is 3.94. The molecule has 94 valence electrons. The highest BCUT2D eigenvalue weighted by Crippen LogP contribution is 2.12. The van der Waals surface area contributed by atoms with Crippen LogP contribution in [-0.2, 0) is 13.6 Å². The van der Waals surface area contributed by atoms with Crippen molar-refractivity contribution in [1.29, 1.82) is 0 Å². The summed E-state index contributed by atoms with van der Waals surface area (Å²) in [6.07, 6.45) is 3.53. The van der Waals surface area contributed by atoms with Crippen molar-refractivity contribution in [1.82, 2.24) is 20.1 Å². The molecule has 0 unspecified atom stereocenters. The van der Waals surface area contributed by atoms with Crippen LogP contribution in [0.1, 0.15) is 21.6 Å². The molecule has 0 atom stereocenters. The lowest BCUT2D eigenvalue weighted by molar-refractivity contribution is 0.0949. The van der Waals surface area contributed by atoms with Gasteiger partial charge in [-0.2, -0.15) is 5.10 Å². The zero-order chi connectivity index (χ0) is 13.1. The number of hydrogen-bond acceptors (Lipinski definition) is 3. The third-order valence-corrected chi connectivity index (χ3v) is 3.19. The van der Waals surface area contributed by atoms with Gasteiger partial charge in [-0.15, -0.1) is 0 Å². The summed E-state index contributed by atoms with van der Waals surface area (Å²) in [5, 5.41) is 7.07. The smallest absolute Gasteiger partial charge is 0.254 e. The molecule has 2 rings (SSSR count). The highest BCUT2D eigenvalue weighted by molar-refractivity contribution is 9.10. The summed E-state index contributed by atoms with van der Waals surface area (Å²) in [7, 11) is 1.86. The molecule has 0 aliphatic heterocycles. The number of carbonyl (C=O) groups excluding carboxylic acids is 1. The second-order valence-corrected chi connectivity index (χ2v) is 4.69. The first-order valence-electron chi connectivity index (χ1n) is 5.46. The summed E-state index contributed by atoms with van der Waals surface area (Å²) in [6.45, 7) is 2.38. The molecule has 0 saturated carbocycles. The Labute approximate surface area is 113 Å². The van der Waals surface area contributed by atoms with Crippen LogP contribution in [0.5, 0.6) is 0 Å². The average Bonchev–Trinajstić information content (AvgIpc) is 2.65. The van der Waals surface area contributed by atoms with E-state index in [1.165, 1.54) is 0 Å². The summed E-state index contributed by atoms with van der Waals surface area (Å²) in [6, 6.07) is 3.46. The van der Waals surface area contributed by atoms with E-state index in [0.717, 1.165) is 11.3 Å². The molecular formula is C12H13BrN4O. The molecule has 0 saturated heterocycles. The van der Waals surface area contributed by atoms with Gasteiger partial charge in [0.25, 0.3) is 5.91 Å². The number of hydrogen-bond donors (Lipinski definition) is 1. The Morgan fingerprint density at radius 2 is 2.33 bits per heavy atom. The molecule has 0 aromatic carbocycles. The van der Waals surface area contributed by atoms with Gasteiger partial charge in [0, 0.05) is 31.5 Å². The van der Waals surface area contributed by atoms with Crippen LogP contribution in [0.25, 0.3) is 0 Å². The van der Waals surface area contributed by atoms with Gasteiger partial charge in [0.15, 0.2) is 0 Å². The van der Waals surface area contributed by atoms with Gasteiger partial charge < -0.3 is 5.32 Å². The lowest BCUT2D eigenvalue weighted by atomic mass is 10.2. The predicted molar refractivity (Wildman–Crippen MR) is 71.1 cm³/mol. The van der Waals surface area contributed by atoms with E-state index in [-0.39, 0.29) is 5.91 Å². The van der Waals surface area contributed by atoms with E-state index in [1.807, 2.05) is 20.2 Å². The fraction of sp³-hybridized carbons (Fsp3) is 0.250. The highest BCUT2D eigenvalue weighted by Gasteiger charge is 2.11. The summed E-state index contributed by atoms with van der Waals surface area (Å²) < 4.78 is 2.28. The third-order valence-electron chi connectivity index (χ3n) is 2.56. The maximum atomic E-state index is 11.9. The SMILES string of the molecule is Cc1nn(C)cc1CNC(=O)c1cccnc1Br. The summed E-state index contributed by atoms with van der Waals surface area (Å²) in [4.78, 5) is 16.0. The Balaban J connectivity index is 2.05. The maximum absolute atomic E-state index is 11.9. The molecule has 0 aliphatic rings. The molecule has 5 nitrogen and oxygen atoms in total. The van der Waals surface area contributed by atoms with Crippen molar-refractivity contribution < 1.29 is 4.79 Å². The molecule has 0 radical (unpaired) electrons. The fourth-order valence-corrected chi connectivity index (χ4v) is 2.08. The molecule has 2 aromatic rings. The quantitative estimate of drug-likeness (QED) is 0.880. The van der Waals surface area contributed by atoms with Gasteiger partial charge >= 0.3 is 0 Å². The van der Waals surface area contributed by atoms with Gasteiger partial charge in [0.05, 0.1) is 11.3 Å². The van der Waals surface area contributed by atoms with E-state index in [9.17, 15) is 4.79 Å². The van der Waals surface area contributed by atoms with Gasteiger partial charge in [-0.05, 0) is 35.0 Å². The van der Waals surface area contributed by atoms with Gasteiger partial charge in [0.2, 0.25) is 0 Å². The van der Waals surface area contributed by atoms with Gasteiger partial charge in [0.1, 0.15) is 4.60 Å². The Morgan fingerprint density at radius 1 is 1.56 bits per heavy atom. The summed E-state index contributed by atoms with van der Waals surface area (Å²) in [5.41, 5.74) is 2.45. The number of halogens is 1. The lowest BCUT2D eigenvalue weighted by Gasteiger charge is -2.05. The molecule has 1 N–H and O–H groups in total. The largest absolute Gasteiger partial charge is 0.348 e. The summed E-state index contributed by atoms with van der Waals surface area (Å²) >= 11 is 3.25. The Kier molecular flexibility index (Phi) is 3.76. The van der Waals surface area contributed by atoms with Crippen molar-refractivity contribution in [3.8, 4) is 0 Å². The number of nitrogens with one attached hydrogen (secondary N) is 1. The van der Waals surface area contributed by atoms with Crippen LogP contribution in [0.4, 0.5) is 0 Å². The van der Waals surface area contributed by atoms with Crippen LogP contribution in [0.3, 0.4) is 0 Å². The van der Waals surface area contributed by atoms with E-state index >= 15 is 0 Å². The van der Waals surface area contributed by atoms with Gasteiger partial charge in [-0.3, -0.25) is 9.48 Å². The van der Waals surface area contributed by atoms with Crippen LogP contribution in [-0.4, -0.2) is 20.7 Å². The zero-order valence-electron chi connectivity index (χ0n) is 10.1. The molecule has 1 amide bonds. The molecule has 0 spiro atoms. The average molecular weight is 309 g/mol. The van der Waals surface area contributed by atoms with Crippen molar-refractivity contribution >= 4 is 21.8 Å². The Hall–Kier alpha value is -1.69. The number of amides is 1. The lowest BCUT2D eigenvalue weighted by Crippen LogP contribution is -2.23. The first-order chi connectivity index (χ1) is 8.58. The van der Waals surface area contributed by atoms with Crippen molar-refractivity contribution in [2.75, 3.05) is 0 Å². The van der Waals surface area contributed by atoms with E-state index < -0.39 is 0 Å². The molecule has 6 heteroatoms. The molecular weight excluding hydrogens is 296 g/mol. The third kappa shape index (κ3) is 2.76. The normalized spacial score (nSPS) is 10.4.